The highest BCUT2D eigenvalue weighted by molar-refractivity contribution is 6.24. The first-order chi connectivity index (χ1) is 14.4. The minimum atomic E-state index is -0.988. The monoisotopic (exact) mass is 413 g/mol. The first-order valence-electron chi connectivity index (χ1n) is 10.4. The van der Waals surface area contributed by atoms with Gasteiger partial charge in [-0.3, -0.25) is 14.4 Å². The van der Waals surface area contributed by atoms with Crippen molar-refractivity contribution in [3.8, 4) is 0 Å². The predicted molar refractivity (Wildman–Crippen MR) is 108 cm³/mol. The summed E-state index contributed by atoms with van der Waals surface area (Å²) >= 11 is 0. The Hall–Kier alpha value is -2.51. The average Bonchev–Trinajstić information content (AvgIpc) is 3.54. The lowest BCUT2D eigenvalue weighted by atomic mass is 9.79. The summed E-state index contributed by atoms with van der Waals surface area (Å²) in [6.07, 6.45) is 2.89. The number of methoxy groups -OCH3 is 1. The van der Waals surface area contributed by atoms with E-state index in [-0.39, 0.29) is 30.4 Å². The second kappa shape index (κ2) is 7.96. The molecule has 1 aromatic rings. The molecular formula is C23H27NO6. The normalized spacial score (nSPS) is 21.0. The van der Waals surface area contributed by atoms with Crippen LogP contribution in [0.5, 0.6) is 0 Å². The van der Waals surface area contributed by atoms with Crippen molar-refractivity contribution in [1.29, 1.82) is 0 Å². The smallest absolute Gasteiger partial charge is 0.314 e. The molecule has 2 aliphatic carbocycles. The van der Waals surface area contributed by atoms with Crippen LogP contribution in [0.15, 0.2) is 24.0 Å². The molecule has 1 spiro atoms. The van der Waals surface area contributed by atoms with Crippen molar-refractivity contribution in [2.24, 2.45) is 5.92 Å². The number of amides is 1. The molecule has 1 heterocycles. The number of hydrogen-bond donors (Lipinski definition) is 0. The van der Waals surface area contributed by atoms with E-state index in [2.05, 4.69) is 0 Å². The molecule has 1 aliphatic heterocycles. The minimum Gasteiger partial charge on any atom is -0.427 e. The molecule has 1 amide bonds. The van der Waals surface area contributed by atoms with Gasteiger partial charge in [-0.15, -0.1) is 0 Å². The van der Waals surface area contributed by atoms with Crippen LogP contribution in [0.2, 0.25) is 0 Å². The maximum Gasteiger partial charge on any atom is 0.314 e. The van der Waals surface area contributed by atoms with Crippen molar-refractivity contribution in [3.05, 3.63) is 40.6 Å². The van der Waals surface area contributed by atoms with Gasteiger partial charge in [0.25, 0.3) is 5.91 Å². The van der Waals surface area contributed by atoms with Crippen LogP contribution in [0, 0.1) is 19.8 Å². The lowest BCUT2D eigenvalue weighted by Crippen LogP contribution is -2.51. The number of benzene rings is 1. The van der Waals surface area contributed by atoms with E-state index < -0.39 is 5.54 Å². The lowest BCUT2D eigenvalue weighted by molar-refractivity contribution is -0.248. The zero-order valence-electron chi connectivity index (χ0n) is 17.7. The molecular weight excluding hydrogens is 386 g/mol. The van der Waals surface area contributed by atoms with Gasteiger partial charge in [-0.1, -0.05) is 18.2 Å². The molecule has 0 N–H and O–H groups in total. The van der Waals surface area contributed by atoms with Gasteiger partial charge in [0.05, 0.1) is 11.5 Å². The van der Waals surface area contributed by atoms with Crippen LogP contribution < -0.4 is 0 Å². The van der Waals surface area contributed by atoms with Crippen LogP contribution >= 0.6 is 0 Å². The molecule has 0 atom stereocenters. The molecule has 0 aromatic heterocycles. The third-order valence-electron chi connectivity index (χ3n) is 6.22. The molecule has 7 nitrogen and oxygen atoms in total. The van der Waals surface area contributed by atoms with E-state index in [1.54, 1.807) is 0 Å². The molecule has 0 radical (unpaired) electrons. The number of hydroxylamine groups is 2. The summed E-state index contributed by atoms with van der Waals surface area (Å²) in [6.45, 7) is 3.74. The fourth-order valence-electron chi connectivity index (χ4n) is 4.46. The highest BCUT2D eigenvalue weighted by Gasteiger charge is 2.57. The Morgan fingerprint density at radius 3 is 2.33 bits per heavy atom. The largest absolute Gasteiger partial charge is 0.427 e. The summed E-state index contributed by atoms with van der Waals surface area (Å²) in [6, 6.07) is 5.79. The Kier molecular flexibility index (Phi) is 5.51. The number of Topliss-reactive ketones (excluding diaryl/α,β-unsaturated/α-hetero) is 1. The molecule has 0 bridgehead atoms. The summed E-state index contributed by atoms with van der Waals surface area (Å²) < 4.78 is 11.0. The van der Waals surface area contributed by atoms with E-state index in [1.165, 1.54) is 12.2 Å². The number of ether oxygens (including phenoxy) is 2. The van der Waals surface area contributed by atoms with E-state index in [9.17, 15) is 14.4 Å². The van der Waals surface area contributed by atoms with Crippen molar-refractivity contribution in [2.45, 2.75) is 57.9 Å². The van der Waals surface area contributed by atoms with E-state index >= 15 is 0 Å². The molecule has 4 rings (SSSR count). The second-order valence-electron chi connectivity index (χ2n) is 8.37. The highest BCUT2D eigenvalue weighted by Crippen LogP contribution is 2.50. The van der Waals surface area contributed by atoms with Gasteiger partial charge < -0.3 is 9.47 Å². The number of ketones is 1. The molecule has 3 aliphatic rings. The SMILES string of the molecule is COCON1C(=O)C(c2c(C)cccc2C)=C(OC(=O)C2CC2)C12CCC(=O)CC2. The molecule has 2 fully saturated rings. The molecule has 160 valence electrons. The Labute approximate surface area is 175 Å². The molecule has 1 aromatic carbocycles. The number of aryl methyl sites for hydroxylation is 2. The number of carbonyl (C=O) groups is 3. The van der Waals surface area contributed by atoms with Gasteiger partial charge in [0.15, 0.2) is 6.79 Å². The zero-order chi connectivity index (χ0) is 21.5. The number of hydrogen-bond acceptors (Lipinski definition) is 6. The molecule has 2 saturated carbocycles. The third kappa shape index (κ3) is 3.46. The summed E-state index contributed by atoms with van der Waals surface area (Å²) in [5.74, 6) is -0.342. The summed E-state index contributed by atoms with van der Waals surface area (Å²) in [7, 11) is 1.48. The quantitative estimate of drug-likeness (QED) is 0.526. The molecule has 0 saturated heterocycles. The van der Waals surface area contributed by atoms with Gasteiger partial charge in [0.2, 0.25) is 0 Å². The zero-order valence-corrected chi connectivity index (χ0v) is 17.7. The molecule has 7 heteroatoms. The van der Waals surface area contributed by atoms with E-state index in [0.29, 0.717) is 37.0 Å². The average molecular weight is 413 g/mol. The minimum absolute atomic E-state index is 0.120. The Morgan fingerprint density at radius 1 is 1.13 bits per heavy atom. The standard InChI is InChI=1S/C23H27NO6/c1-14-5-4-6-15(2)18(14)19-20(30-22(27)16-7-8-16)23(11-9-17(25)10-12-23)24(21(19)26)29-13-28-3/h4-6,16H,7-13H2,1-3H3. The number of rotatable bonds is 6. The summed E-state index contributed by atoms with van der Waals surface area (Å²) in [5, 5.41) is 1.29. The Morgan fingerprint density at radius 2 is 1.77 bits per heavy atom. The van der Waals surface area contributed by atoms with Crippen molar-refractivity contribution < 1.29 is 28.7 Å². The van der Waals surface area contributed by atoms with Gasteiger partial charge >= 0.3 is 5.97 Å². The maximum absolute atomic E-state index is 13.7. The number of nitrogens with zero attached hydrogens (tertiary/aromatic N) is 1. The number of esters is 1. The Balaban J connectivity index is 1.89. The van der Waals surface area contributed by atoms with Crippen LogP contribution in [-0.2, 0) is 28.7 Å². The first kappa shape index (κ1) is 20.8. The molecule has 30 heavy (non-hydrogen) atoms. The van der Waals surface area contributed by atoms with E-state index in [1.807, 2.05) is 32.0 Å². The summed E-state index contributed by atoms with van der Waals surface area (Å²) in [5.41, 5.74) is 1.94. The van der Waals surface area contributed by atoms with Crippen LogP contribution in [0.1, 0.15) is 55.2 Å². The van der Waals surface area contributed by atoms with Crippen molar-refractivity contribution >= 4 is 23.2 Å². The maximum atomic E-state index is 13.7. The van der Waals surface area contributed by atoms with Crippen LogP contribution in [0.4, 0.5) is 0 Å². The van der Waals surface area contributed by atoms with Crippen LogP contribution in [0.3, 0.4) is 0 Å². The van der Waals surface area contributed by atoms with Crippen molar-refractivity contribution in [3.63, 3.8) is 0 Å². The topological polar surface area (TPSA) is 82.1 Å². The second-order valence-corrected chi connectivity index (χ2v) is 8.37. The summed E-state index contributed by atoms with van der Waals surface area (Å²) in [4.78, 5) is 44.1. The van der Waals surface area contributed by atoms with Gasteiger partial charge in [-0.05, 0) is 56.2 Å². The van der Waals surface area contributed by atoms with Gasteiger partial charge in [0, 0.05) is 20.0 Å². The van der Waals surface area contributed by atoms with Gasteiger partial charge in [-0.2, -0.15) is 0 Å². The predicted octanol–water partition coefficient (Wildman–Crippen LogP) is 3.23. The van der Waals surface area contributed by atoms with E-state index in [0.717, 1.165) is 29.5 Å². The Bertz CT molecular complexity index is 899. The fourth-order valence-corrected chi connectivity index (χ4v) is 4.46. The fraction of sp³-hybridized carbons (Fsp3) is 0.522. The van der Waals surface area contributed by atoms with E-state index in [4.69, 9.17) is 14.3 Å². The number of carbonyl (C=O) groups excluding carboxylic acids is 3. The van der Waals surface area contributed by atoms with Gasteiger partial charge in [-0.25, -0.2) is 9.90 Å². The molecule has 0 unspecified atom stereocenters. The van der Waals surface area contributed by atoms with Crippen molar-refractivity contribution in [1.82, 2.24) is 5.06 Å². The third-order valence-corrected chi connectivity index (χ3v) is 6.22. The first-order valence-corrected chi connectivity index (χ1v) is 10.4. The van der Waals surface area contributed by atoms with Gasteiger partial charge in [0.1, 0.15) is 17.1 Å². The van der Waals surface area contributed by atoms with Crippen LogP contribution in [0.25, 0.3) is 5.57 Å². The van der Waals surface area contributed by atoms with Crippen LogP contribution in [-0.4, -0.2) is 42.2 Å². The lowest BCUT2D eigenvalue weighted by Gasteiger charge is -2.40. The highest BCUT2D eigenvalue weighted by atomic mass is 16.8. The van der Waals surface area contributed by atoms with Crippen molar-refractivity contribution in [2.75, 3.05) is 13.9 Å².